The zero-order chi connectivity index (χ0) is 27.5. The van der Waals surface area contributed by atoms with Gasteiger partial charge in [0.15, 0.2) is 11.5 Å². The Morgan fingerprint density at radius 3 is 2.75 bits per heavy atom. The standard InChI is InChI=1S/C28H27ClN8O3/c29-22-16-31-28-33-21-11-18(14-30-15-21)1-2-19-13-20(32-26(22)35-28)3-4-23(19)34-25(38)12-17-5-8-37(9-6-17)27(39)24-7-10-40-36-24/h3-4,7,10-11,13-17H,1-2,5-6,8-9,12H2,(H,34,38)(H2,31,32,33,35). The van der Waals surface area contributed by atoms with E-state index in [-0.39, 0.29) is 17.7 Å². The summed E-state index contributed by atoms with van der Waals surface area (Å²) in [7, 11) is 0. The molecule has 0 radical (unpaired) electrons. The van der Waals surface area contributed by atoms with Gasteiger partial charge in [0.1, 0.15) is 11.3 Å². The summed E-state index contributed by atoms with van der Waals surface area (Å²) in [5, 5.41) is 13.7. The number of aromatic nitrogens is 4. The van der Waals surface area contributed by atoms with E-state index in [1.54, 1.807) is 23.4 Å². The Balaban J connectivity index is 1.15. The van der Waals surface area contributed by atoms with Crippen LogP contribution in [0.4, 0.5) is 28.8 Å². The van der Waals surface area contributed by atoms with Crippen LogP contribution in [0.5, 0.6) is 0 Å². The Bertz CT molecular complexity index is 1540. The second-order valence-corrected chi connectivity index (χ2v) is 10.4. The SMILES string of the molecule is O=C(CC1CCN(C(=O)c2ccon2)CC1)Nc1ccc2cc1CCc1cncc(c1)Nc1ncc(Cl)c(n1)N2. The molecule has 2 amide bonds. The first-order chi connectivity index (χ1) is 19.5. The molecule has 0 unspecified atom stereocenters. The van der Waals surface area contributed by atoms with Crippen LogP contribution < -0.4 is 16.0 Å². The molecular weight excluding hydrogens is 532 g/mol. The number of rotatable bonds is 4. The topological polar surface area (TPSA) is 138 Å². The molecule has 204 valence electrons. The second kappa shape index (κ2) is 11.3. The van der Waals surface area contributed by atoms with Crippen LogP contribution in [-0.4, -0.2) is 49.9 Å². The maximum absolute atomic E-state index is 13.1. The Hall–Kier alpha value is -4.51. The van der Waals surface area contributed by atoms with Crippen LogP contribution in [0.25, 0.3) is 0 Å². The van der Waals surface area contributed by atoms with Gasteiger partial charge in [0.2, 0.25) is 11.9 Å². The molecule has 0 saturated carbocycles. The van der Waals surface area contributed by atoms with Gasteiger partial charge < -0.3 is 25.4 Å². The molecule has 0 spiro atoms. The highest BCUT2D eigenvalue weighted by atomic mass is 35.5. The monoisotopic (exact) mass is 558 g/mol. The van der Waals surface area contributed by atoms with Gasteiger partial charge in [0.25, 0.3) is 5.91 Å². The van der Waals surface area contributed by atoms with E-state index in [1.807, 2.05) is 30.5 Å². The molecular formula is C28H27ClN8O3. The summed E-state index contributed by atoms with van der Waals surface area (Å²) in [5.41, 5.74) is 4.67. The number of hydrogen-bond acceptors (Lipinski definition) is 9. The minimum absolute atomic E-state index is 0.0440. The fourth-order valence-electron chi connectivity index (χ4n) is 5.04. The number of carbonyl (C=O) groups excluding carboxylic acids is 2. The van der Waals surface area contributed by atoms with E-state index in [1.165, 1.54) is 6.26 Å². The summed E-state index contributed by atoms with van der Waals surface area (Å²) in [5.74, 6) is 0.891. The lowest BCUT2D eigenvalue weighted by molar-refractivity contribution is -0.117. The largest absolute Gasteiger partial charge is 0.364 e. The third-order valence-corrected chi connectivity index (χ3v) is 7.43. The van der Waals surface area contributed by atoms with Crippen LogP contribution in [0.15, 0.2) is 59.7 Å². The summed E-state index contributed by atoms with van der Waals surface area (Å²) in [4.78, 5) is 40.5. The van der Waals surface area contributed by atoms with Crippen molar-refractivity contribution in [1.82, 2.24) is 25.0 Å². The van der Waals surface area contributed by atoms with Crippen molar-refractivity contribution in [2.75, 3.05) is 29.0 Å². The summed E-state index contributed by atoms with van der Waals surface area (Å²) in [6.45, 7) is 1.18. The quantitative estimate of drug-likeness (QED) is 0.316. The molecule has 12 heteroatoms. The minimum atomic E-state index is -0.138. The fraction of sp³-hybridized carbons (Fsp3) is 0.286. The summed E-state index contributed by atoms with van der Waals surface area (Å²) >= 11 is 6.36. The predicted octanol–water partition coefficient (Wildman–Crippen LogP) is 4.98. The van der Waals surface area contributed by atoms with Gasteiger partial charge in [-0.15, -0.1) is 0 Å². The number of nitrogens with one attached hydrogen (secondary N) is 3. The van der Waals surface area contributed by atoms with Crippen molar-refractivity contribution < 1.29 is 14.1 Å². The number of carbonyl (C=O) groups is 2. The van der Waals surface area contributed by atoms with Gasteiger partial charge in [-0.05, 0) is 67.0 Å². The first kappa shape index (κ1) is 25.8. The minimum Gasteiger partial charge on any atom is -0.364 e. The molecule has 3 aromatic heterocycles. The molecule has 2 aliphatic heterocycles. The van der Waals surface area contributed by atoms with Crippen molar-refractivity contribution in [3.63, 3.8) is 0 Å². The Labute approximate surface area is 235 Å². The highest BCUT2D eigenvalue weighted by Gasteiger charge is 2.26. The lowest BCUT2D eigenvalue weighted by Gasteiger charge is -2.31. The molecule has 1 aromatic carbocycles. The lowest BCUT2D eigenvalue weighted by Crippen LogP contribution is -2.39. The molecule has 5 heterocycles. The number of nitrogens with zero attached hydrogens (tertiary/aromatic N) is 5. The Morgan fingerprint density at radius 2 is 1.93 bits per heavy atom. The number of benzene rings is 1. The van der Waals surface area contributed by atoms with Crippen molar-refractivity contribution in [3.05, 3.63) is 77.0 Å². The zero-order valence-electron chi connectivity index (χ0n) is 21.6. The fourth-order valence-corrected chi connectivity index (χ4v) is 5.18. The number of halogens is 1. The van der Waals surface area contributed by atoms with Crippen molar-refractivity contribution in [2.24, 2.45) is 5.92 Å². The molecule has 6 rings (SSSR count). The van der Waals surface area contributed by atoms with E-state index in [0.717, 1.165) is 47.5 Å². The number of piperidine rings is 1. The first-order valence-electron chi connectivity index (χ1n) is 13.1. The Kier molecular flexibility index (Phi) is 7.28. The number of hydrogen-bond donors (Lipinski definition) is 3. The molecule has 11 nitrogen and oxygen atoms in total. The van der Waals surface area contributed by atoms with Gasteiger partial charge in [-0.3, -0.25) is 14.6 Å². The third-order valence-electron chi connectivity index (χ3n) is 7.15. The smallest absolute Gasteiger partial charge is 0.276 e. The summed E-state index contributed by atoms with van der Waals surface area (Å²) in [6.07, 6.45) is 9.81. The summed E-state index contributed by atoms with van der Waals surface area (Å²) in [6, 6.07) is 9.37. The van der Waals surface area contributed by atoms with Crippen molar-refractivity contribution in [3.8, 4) is 0 Å². The molecule has 4 aromatic rings. The van der Waals surface area contributed by atoms with E-state index < -0.39 is 0 Å². The van der Waals surface area contributed by atoms with Gasteiger partial charge in [0.05, 0.1) is 18.1 Å². The molecule has 6 bridgehead atoms. The van der Waals surface area contributed by atoms with E-state index in [0.29, 0.717) is 48.4 Å². The molecule has 2 aliphatic rings. The maximum atomic E-state index is 13.1. The average molecular weight is 559 g/mol. The van der Waals surface area contributed by atoms with Crippen LogP contribution in [0, 0.1) is 5.92 Å². The van der Waals surface area contributed by atoms with Crippen molar-refractivity contribution in [2.45, 2.75) is 32.1 Å². The van der Waals surface area contributed by atoms with Gasteiger partial charge in [-0.1, -0.05) is 16.8 Å². The maximum Gasteiger partial charge on any atom is 0.276 e. The first-order valence-corrected chi connectivity index (χ1v) is 13.5. The van der Waals surface area contributed by atoms with Gasteiger partial charge in [-0.2, -0.15) is 4.98 Å². The van der Waals surface area contributed by atoms with Gasteiger partial charge in [0, 0.05) is 43.1 Å². The van der Waals surface area contributed by atoms with Crippen LogP contribution >= 0.6 is 11.6 Å². The second-order valence-electron chi connectivity index (χ2n) is 9.97. The summed E-state index contributed by atoms with van der Waals surface area (Å²) < 4.78 is 4.79. The van der Waals surface area contributed by atoms with E-state index in [2.05, 4.69) is 36.1 Å². The van der Waals surface area contributed by atoms with Crippen LogP contribution in [0.1, 0.15) is 40.9 Å². The average Bonchev–Trinajstić information content (AvgIpc) is 3.50. The number of pyridine rings is 1. The molecule has 40 heavy (non-hydrogen) atoms. The van der Waals surface area contributed by atoms with Crippen LogP contribution in [0.2, 0.25) is 5.02 Å². The molecule has 0 aliphatic carbocycles. The van der Waals surface area contributed by atoms with Gasteiger partial charge >= 0.3 is 0 Å². The van der Waals surface area contributed by atoms with Gasteiger partial charge in [-0.25, -0.2) is 4.98 Å². The third kappa shape index (κ3) is 5.89. The molecule has 1 saturated heterocycles. The van der Waals surface area contributed by atoms with Crippen molar-refractivity contribution >= 4 is 52.2 Å². The number of aryl methyl sites for hydroxylation is 2. The van der Waals surface area contributed by atoms with E-state index >= 15 is 0 Å². The highest BCUT2D eigenvalue weighted by Crippen LogP contribution is 2.30. The zero-order valence-corrected chi connectivity index (χ0v) is 22.3. The van der Waals surface area contributed by atoms with E-state index in [4.69, 9.17) is 16.1 Å². The Morgan fingerprint density at radius 1 is 1.05 bits per heavy atom. The van der Waals surface area contributed by atoms with Crippen LogP contribution in [-0.2, 0) is 17.6 Å². The normalized spacial score (nSPS) is 15.1. The number of amides is 2. The lowest BCUT2D eigenvalue weighted by atomic mass is 9.93. The molecule has 3 N–H and O–H groups in total. The highest BCUT2D eigenvalue weighted by molar-refractivity contribution is 6.32. The molecule has 0 atom stereocenters. The predicted molar refractivity (Wildman–Crippen MR) is 150 cm³/mol. The van der Waals surface area contributed by atoms with Crippen LogP contribution in [0.3, 0.4) is 0 Å². The molecule has 1 fully saturated rings. The number of likely N-dealkylation sites (tertiary alicyclic amines) is 1. The number of anilines is 5. The van der Waals surface area contributed by atoms with Crippen molar-refractivity contribution in [1.29, 1.82) is 0 Å². The van der Waals surface area contributed by atoms with E-state index in [9.17, 15) is 9.59 Å². The number of fused-ring (bicyclic) bond motifs is 6.